The minimum absolute atomic E-state index is 0.200. The van der Waals surface area contributed by atoms with Crippen LogP contribution in [0, 0.1) is 10.1 Å². The number of nitrogens with zero attached hydrogens (tertiary/aromatic N) is 5. The number of hydrogen-bond donors (Lipinski definition) is 0. The fourth-order valence-electron chi connectivity index (χ4n) is 3.30. The zero-order valence-electron chi connectivity index (χ0n) is 13.3. The molecular weight excluding hydrogens is 294 g/mol. The van der Waals surface area contributed by atoms with Crippen LogP contribution in [0.1, 0.15) is 37.1 Å². The second-order valence-electron chi connectivity index (χ2n) is 5.94. The molecule has 2 heterocycles. The molecule has 0 N–H and O–H groups in total. The van der Waals surface area contributed by atoms with E-state index in [2.05, 4.69) is 26.6 Å². The Bertz CT molecular complexity index is 685. The summed E-state index contributed by atoms with van der Waals surface area (Å²) in [5, 5.41) is 19.5. The summed E-state index contributed by atoms with van der Waals surface area (Å²) < 4.78 is 2.08. The molecule has 23 heavy (non-hydrogen) atoms. The summed E-state index contributed by atoms with van der Waals surface area (Å²) in [6, 6.07) is 6.99. The zero-order valence-corrected chi connectivity index (χ0v) is 13.3. The first-order valence-electron chi connectivity index (χ1n) is 8.01. The Morgan fingerprint density at radius 1 is 1.39 bits per heavy atom. The van der Waals surface area contributed by atoms with Crippen LogP contribution in [0.3, 0.4) is 0 Å². The molecule has 122 valence electrons. The third-order valence-electron chi connectivity index (χ3n) is 4.44. The van der Waals surface area contributed by atoms with Gasteiger partial charge in [-0.05, 0) is 26.3 Å². The normalized spacial score (nSPS) is 18.9. The number of nitro groups is 1. The van der Waals surface area contributed by atoms with Crippen molar-refractivity contribution in [2.24, 2.45) is 0 Å². The number of benzene rings is 1. The molecule has 3 rings (SSSR count). The molecule has 0 radical (unpaired) electrons. The largest absolute Gasteiger partial charge is 0.318 e. The van der Waals surface area contributed by atoms with Crippen LogP contribution in [-0.2, 0) is 13.1 Å². The fourth-order valence-corrected chi connectivity index (χ4v) is 3.30. The predicted octanol–water partition coefficient (Wildman–Crippen LogP) is 2.59. The van der Waals surface area contributed by atoms with Crippen LogP contribution in [-0.4, -0.2) is 37.7 Å². The molecule has 0 spiro atoms. The van der Waals surface area contributed by atoms with Gasteiger partial charge < -0.3 is 4.57 Å². The molecule has 0 amide bonds. The van der Waals surface area contributed by atoms with E-state index in [9.17, 15) is 10.1 Å². The van der Waals surface area contributed by atoms with Gasteiger partial charge in [0.2, 0.25) is 0 Å². The second-order valence-corrected chi connectivity index (χ2v) is 5.94. The van der Waals surface area contributed by atoms with Gasteiger partial charge in [0.15, 0.2) is 0 Å². The molecule has 0 saturated carbocycles. The number of rotatable bonds is 5. The highest BCUT2D eigenvalue weighted by molar-refractivity contribution is 5.39. The first-order valence-corrected chi connectivity index (χ1v) is 8.01. The summed E-state index contributed by atoms with van der Waals surface area (Å²) in [4.78, 5) is 13.1. The molecule has 1 fully saturated rings. The maximum atomic E-state index is 11.2. The molecule has 0 unspecified atom stereocenters. The quantitative estimate of drug-likeness (QED) is 0.626. The van der Waals surface area contributed by atoms with Crippen molar-refractivity contribution >= 4 is 5.69 Å². The highest BCUT2D eigenvalue weighted by Gasteiger charge is 2.26. The lowest BCUT2D eigenvalue weighted by Gasteiger charge is -2.32. The average Bonchev–Trinajstić information content (AvgIpc) is 3.04. The minimum atomic E-state index is -0.301. The molecule has 7 heteroatoms. The average molecular weight is 315 g/mol. The Hall–Kier alpha value is -2.28. The Morgan fingerprint density at radius 2 is 2.22 bits per heavy atom. The summed E-state index contributed by atoms with van der Waals surface area (Å²) in [6.45, 7) is 5.38. The van der Waals surface area contributed by atoms with Gasteiger partial charge >= 0.3 is 0 Å². The molecule has 1 aliphatic heterocycles. The number of piperidine rings is 1. The standard InChI is InChI=1S/C16H21N5O2/c1-2-20-12-17-18-16(20)14-7-5-9-19(11-14)10-13-6-3-4-8-15(13)21(22)23/h3-4,6,8,12,14H,2,5,7,9-11H2,1H3/t14-/m0/s1. The monoisotopic (exact) mass is 315 g/mol. The summed E-state index contributed by atoms with van der Waals surface area (Å²) in [6.07, 6.45) is 3.93. The van der Waals surface area contributed by atoms with Crippen molar-refractivity contribution in [1.82, 2.24) is 19.7 Å². The Kier molecular flexibility index (Phi) is 4.66. The van der Waals surface area contributed by atoms with E-state index in [0.717, 1.165) is 43.9 Å². The van der Waals surface area contributed by atoms with Crippen LogP contribution >= 0.6 is 0 Å². The van der Waals surface area contributed by atoms with Gasteiger partial charge in [-0.25, -0.2) is 0 Å². The third kappa shape index (κ3) is 3.39. The maximum Gasteiger partial charge on any atom is 0.273 e. The van der Waals surface area contributed by atoms with Crippen LogP contribution < -0.4 is 0 Å². The van der Waals surface area contributed by atoms with Crippen LogP contribution in [0.2, 0.25) is 0 Å². The number of aryl methyl sites for hydroxylation is 1. The van der Waals surface area contributed by atoms with Crippen molar-refractivity contribution in [1.29, 1.82) is 0 Å². The van der Waals surface area contributed by atoms with Gasteiger partial charge in [-0.1, -0.05) is 18.2 Å². The summed E-state index contributed by atoms with van der Waals surface area (Å²) in [5.74, 6) is 1.37. The SMILES string of the molecule is CCn1cnnc1[C@H]1CCCN(Cc2ccccc2[N+](=O)[O-])C1. The molecule has 1 aliphatic rings. The van der Waals surface area contributed by atoms with Crippen LogP contribution in [0.4, 0.5) is 5.69 Å². The number of hydrogen-bond acceptors (Lipinski definition) is 5. The number of likely N-dealkylation sites (tertiary alicyclic amines) is 1. The van der Waals surface area contributed by atoms with Gasteiger partial charge in [0.05, 0.1) is 4.92 Å². The smallest absolute Gasteiger partial charge is 0.273 e. The molecule has 2 aromatic rings. The van der Waals surface area contributed by atoms with E-state index >= 15 is 0 Å². The number of nitro benzene ring substituents is 1. The van der Waals surface area contributed by atoms with E-state index < -0.39 is 0 Å². The highest BCUT2D eigenvalue weighted by atomic mass is 16.6. The van der Waals surface area contributed by atoms with Crippen molar-refractivity contribution in [3.63, 3.8) is 0 Å². The second kappa shape index (κ2) is 6.87. The first-order chi connectivity index (χ1) is 11.2. The zero-order chi connectivity index (χ0) is 16.2. The first kappa shape index (κ1) is 15.6. The Morgan fingerprint density at radius 3 is 3.00 bits per heavy atom. The highest BCUT2D eigenvalue weighted by Crippen LogP contribution is 2.28. The van der Waals surface area contributed by atoms with Crippen molar-refractivity contribution in [3.05, 3.63) is 52.1 Å². The van der Waals surface area contributed by atoms with E-state index in [1.54, 1.807) is 18.5 Å². The van der Waals surface area contributed by atoms with Gasteiger partial charge in [0.1, 0.15) is 12.2 Å². The van der Waals surface area contributed by atoms with Gasteiger partial charge in [0, 0.05) is 37.2 Å². The summed E-state index contributed by atoms with van der Waals surface area (Å²) in [7, 11) is 0. The molecule has 1 aromatic heterocycles. The van der Waals surface area contributed by atoms with Crippen molar-refractivity contribution in [2.75, 3.05) is 13.1 Å². The lowest BCUT2D eigenvalue weighted by Crippen LogP contribution is -2.35. The third-order valence-corrected chi connectivity index (χ3v) is 4.44. The van der Waals surface area contributed by atoms with Gasteiger partial charge in [0.25, 0.3) is 5.69 Å². The molecule has 7 nitrogen and oxygen atoms in total. The van der Waals surface area contributed by atoms with E-state index in [0.29, 0.717) is 12.5 Å². The number of aromatic nitrogens is 3. The van der Waals surface area contributed by atoms with Gasteiger partial charge in [-0.15, -0.1) is 10.2 Å². The Labute approximate surface area is 135 Å². The molecule has 1 saturated heterocycles. The van der Waals surface area contributed by atoms with Gasteiger partial charge in [-0.3, -0.25) is 15.0 Å². The maximum absolute atomic E-state index is 11.2. The van der Waals surface area contributed by atoms with E-state index in [-0.39, 0.29) is 10.6 Å². The molecule has 1 aromatic carbocycles. The van der Waals surface area contributed by atoms with Crippen LogP contribution in [0.15, 0.2) is 30.6 Å². The minimum Gasteiger partial charge on any atom is -0.318 e. The van der Waals surface area contributed by atoms with Crippen molar-refractivity contribution < 1.29 is 4.92 Å². The summed E-state index contributed by atoms with van der Waals surface area (Å²) >= 11 is 0. The lowest BCUT2D eigenvalue weighted by molar-refractivity contribution is -0.385. The van der Waals surface area contributed by atoms with Crippen LogP contribution in [0.5, 0.6) is 0 Å². The Balaban J connectivity index is 1.74. The van der Waals surface area contributed by atoms with E-state index in [1.807, 2.05) is 12.1 Å². The predicted molar refractivity (Wildman–Crippen MR) is 86.0 cm³/mol. The van der Waals surface area contributed by atoms with Crippen molar-refractivity contribution in [2.45, 2.75) is 38.8 Å². The topological polar surface area (TPSA) is 77.1 Å². The summed E-state index contributed by atoms with van der Waals surface area (Å²) in [5.41, 5.74) is 0.974. The van der Waals surface area contributed by atoms with E-state index in [1.165, 1.54) is 0 Å². The lowest BCUT2D eigenvalue weighted by atomic mass is 9.96. The molecule has 0 bridgehead atoms. The van der Waals surface area contributed by atoms with Crippen LogP contribution in [0.25, 0.3) is 0 Å². The number of para-hydroxylation sites is 1. The van der Waals surface area contributed by atoms with Gasteiger partial charge in [-0.2, -0.15) is 0 Å². The molecular formula is C16H21N5O2. The van der Waals surface area contributed by atoms with Crippen molar-refractivity contribution in [3.8, 4) is 0 Å². The fraction of sp³-hybridized carbons (Fsp3) is 0.500. The molecule has 1 atom stereocenters. The molecule has 0 aliphatic carbocycles. The van der Waals surface area contributed by atoms with E-state index in [4.69, 9.17) is 0 Å².